The van der Waals surface area contributed by atoms with E-state index in [4.69, 9.17) is 0 Å². The Kier molecular flexibility index (Phi) is 8.92. The Morgan fingerprint density at radius 3 is 2.30 bits per heavy atom. The number of carbonyl (C=O) groups excluding carboxylic acids is 1. The van der Waals surface area contributed by atoms with Crippen molar-refractivity contribution in [1.29, 1.82) is 0 Å². The zero-order chi connectivity index (χ0) is 30.6. The summed E-state index contributed by atoms with van der Waals surface area (Å²) in [6.07, 6.45) is -2.83. The number of hydrogen-bond acceptors (Lipinski definition) is 5. The molecule has 0 saturated heterocycles. The largest absolute Gasteiger partial charge is 0.481 e. The van der Waals surface area contributed by atoms with Gasteiger partial charge in [-0.15, -0.1) is 0 Å². The normalized spacial score (nSPS) is 12.3. The molecule has 1 aromatic heterocycles. The molecule has 5 aromatic rings. The van der Waals surface area contributed by atoms with Crippen molar-refractivity contribution in [2.45, 2.75) is 38.8 Å². The highest BCUT2D eigenvalue weighted by Gasteiger charge is 2.30. The summed E-state index contributed by atoms with van der Waals surface area (Å²) in [6, 6.07) is 26.3. The number of carboxylic acid groups (broad SMARTS) is 1. The molecule has 4 aromatic carbocycles. The Hall–Kier alpha value is -4.50. The van der Waals surface area contributed by atoms with Gasteiger partial charge in [0.2, 0.25) is 0 Å². The predicted molar refractivity (Wildman–Crippen MR) is 163 cm³/mol. The third-order valence-electron chi connectivity index (χ3n) is 7.34. The van der Waals surface area contributed by atoms with E-state index in [9.17, 15) is 27.9 Å². The Morgan fingerprint density at radius 2 is 1.63 bits per heavy atom. The Morgan fingerprint density at radius 1 is 0.907 bits per heavy atom. The van der Waals surface area contributed by atoms with Crippen molar-refractivity contribution in [3.63, 3.8) is 0 Å². The summed E-state index contributed by atoms with van der Waals surface area (Å²) >= 11 is 1.17. The molecule has 1 atom stereocenters. The van der Waals surface area contributed by atoms with E-state index in [0.29, 0.717) is 40.2 Å². The topological polar surface area (TPSA) is 79.3 Å². The molecule has 1 heterocycles. The fraction of sp³-hybridized carbons (Fsp3) is 0.206. The molecule has 5 nitrogen and oxygen atoms in total. The van der Waals surface area contributed by atoms with Crippen LogP contribution >= 0.6 is 11.3 Å². The second kappa shape index (κ2) is 12.8. The summed E-state index contributed by atoms with van der Waals surface area (Å²) in [7, 11) is 0. The molecule has 43 heavy (non-hydrogen) atoms. The maximum atomic E-state index is 13.1. The molecule has 0 aliphatic rings. The van der Waals surface area contributed by atoms with Crippen LogP contribution in [0.2, 0.25) is 0 Å². The average molecular weight is 603 g/mol. The maximum absolute atomic E-state index is 13.1. The Bertz CT molecular complexity index is 1750. The summed E-state index contributed by atoms with van der Waals surface area (Å²) in [5.74, 6) is -1.90. The van der Waals surface area contributed by atoms with Crippen molar-refractivity contribution in [3.8, 4) is 0 Å². The van der Waals surface area contributed by atoms with E-state index in [1.54, 1.807) is 12.1 Å². The van der Waals surface area contributed by atoms with Gasteiger partial charge in [-0.3, -0.25) is 9.59 Å². The van der Waals surface area contributed by atoms with Crippen molar-refractivity contribution in [1.82, 2.24) is 4.98 Å². The lowest BCUT2D eigenvalue weighted by molar-refractivity contribution is -0.142. The van der Waals surface area contributed by atoms with Crippen LogP contribution in [0.5, 0.6) is 0 Å². The molecule has 0 aliphatic heterocycles. The van der Waals surface area contributed by atoms with Gasteiger partial charge in [0.25, 0.3) is 0 Å². The van der Waals surface area contributed by atoms with Crippen molar-refractivity contribution < 1.29 is 27.9 Å². The summed E-state index contributed by atoms with van der Waals surface area (Å²) in [5, 5.41) is 13.4. The van der Waals surface area contributed by atoms with Gasteiger partial charge in [-0.2, -0.15) is 13.2 Å². The minimum absolute atomic E-state index is 0.0483. The number of benzene rings is 4. The van der Waals surface area contributed by atoms with Gasteiger partial charge in [0.05, 0.1) is 21.7 Å². The number of Topliss-reactive ketones (excluding diaryl/α,β-unsaturated/α-hetero) is 1. The zero-order valence-corrected chi connectivity index (χ0v) is 24.1. The maximum Gasteiger partial charge on any atom is 0.416 e. The monoisotopic (exact) mass is 602 g/mol. The molecule has 1 unspecified atom stereocenters. The van der Waals surface area contributed by atoms with E-state index < -0.39 is 23.6 Å². The van der Waals surface area contributed by atoms with E-state index in [1.165, 1.54) is 17.4 Å². The molecule has 0 radical (unpaired) electrons. The molecule has 0 amide bonds. The lowest BCUT2D eigenvalue weighted by atomic mass is 9.92. The highest BCUT2D eigenvalue weighted by Crippen LogP contribution is 2.35. The molecule has 0 fully saturated rings. The van der Waals surface area contributed by atoms with Gasteiger partial charge in [0.15, 0.2) is 10.9 Å². The van der Waals surface area contributed by atoms with Crippen LogP contribution < -0.4 is 5.32 Å². The second-order valence-corrected chi connectivity index (χ2v) is 11.6. The minimum atomic E-state index is -4.40. The number of nitrogens with zero attached hydrogens (tertiary/aromatic N) is 1. The Labute approximate surface area is 251 Å². The predicted octanol–water partition coefficient (Wildman–Crippen LogP) is 8.86. The van der Waals surface area contributed by atoms with Crippen LogP contribution in [0.25, 0.3) is 10.2 Å². The van der Waals surface area contributed by atoms with Crippen LogP contribution in [-0.2, 0) is 23.8 Å². The molecule has 9 heteroatoms. The fourth-order valence-corrected chi connectivity index (χ4v) is 5.85. The van der Waals surface area contributed by atoms with E-state index >= 15 is 0 Å². The van der Waals surface area contributed by atoms with Gasteiger partial charge < -0.3 is 10.4 Å². The number of thiazole rings is 1. The van der Waals surface area contributed by atoms with Gasteiger partial charge >= 0.3 is 12.1 Å². The van der Waals surface area contributed by atoms with Gasteiger partial charge in [-0.1, -0.05) is 78.1 Å². The van der Waals surface area contributed by atoms with Crippen molar-refractivity contribution in [2.75, 3.05) is 5.32 Å². The van der Waals surface area contributed by atoms with Crippen molar-refractivity contribution >= 4 is 44.1 Å². The molecular formula is C34H29F3N2O3S. The number of aliphatic carboxylic acids is 1. The van der Waals surface area contributed by atoms with E-state index in [-0.39, 0.29) is 12.2 Å². The zero-order valence-electron chi connectivity index (χ0n) is 23.3. The fourth-order valence-electron chi connectivity index (χ4n) is 4.93. The van der Waals surface area contributed by atoms with Crippen molar-refractivity contribution in [3.05, 3.63) is 124 Å². The van der Waals surface area contributed by atoms with Crippen LogP contribution in [0.3, 0.4) is 0 Å². The first-order valence-electron chi connectivity index (χ1n) is 13.8. The van der Waals surface area contributed by atoms with E-state index in [1.807, 2.05) is 67.6 Å². The first kappa shape index (κ1) is 30.0. The third kappa shape index (κ3) is 7.67. The second-order valence-electron chi connectivity index (χ2n) is 10.5. The number of halogens is 3. The van der Waals surface area contributed by atoms with Crippen molar-refractivity contribution in [2.24, 2.45) is 5.92 Å². The van der Waals surface area contributed by atoms with Gasteiger partial charge in [0.1, 0.15) is 0 Å². The number of carbonyl (C=O) groups is 2. The minimum Gasteiger partial charge on any atom is -0.481 e. The Balaban J connectivity index is 1.19. The highest BCUT2D eigenvalue weighted by molar-refractivity contribution is 7.22. The highest BCUT2D eigenvalue weighted by atomic mass is 32.1. The average Bonchev–Trinajstić information content (AvgIpc) is 3.39. The number of aromatic nitrogens is 1. The lowest BCUT2D eigenvalue weighted by Crippen LogP contribution is -2.19. The lowest BCUT2D eigenvalue weighted by Gasteiger charge is -2.12. The number of aryl methyl sites for hydroxylation is 2. The molecule has 220 valence electrons. The third-order valence-corrected chi connectivity index (χ3v) is 8.27. The van der Waals surface area contributed by atoms with Gasteiger partial charge in [-0.05, 0) is 72.7 Å². The van der Waals surface area contributed by atoms with Crippen LogP contribution in [0.15, 0.2) is 91.0 Å². The quantitative estimate of drug-likeness (QED) is 0.148. The SMILES string of the molecule is Cc1cc(Cc2ccc(C(=O)CC(CCc3ccccc3)C(=O)O)cc2)ccc1Nc1nc2ccc(C(F)(F)F)cc2s1. The van der Waals surface area contributed by atoms with Crippen LogP contribution in [-0.4, -0.2) is 21.8 Å². The number of alkyl halides is 3. The van der Waals surface area contributed by atoms with Crippen LogP contribution in [0.4, 0.5) is 24.0 Å². The first-order valence-corrected chi connectivity index (χ1v) is 14.6. The molecular weight excluding hydrogens is 573 g/mol. The van der Waals surface area contributed by atoms with Crippen LogP contribution in [0, 0.1) is 12.8 Å². The number of fused-ring (bicyclic) bond motifs is 1. The number of anilines is 2. The smallest absolute Gasteiger partial charge is 0.416 e. The molecule has 0 aliphatic carbocycles. The molecule has 0 bridgehead atoms. The number of ketones is 1. The molecule has 2 N–H and O–H groups in total. The molecule has 5 rings (SSSR count). The summed E-state index contributed by atoms with van der Waals surface area (Å²) in [4.78, 5) is 29.1. The van der Waals surface area contributed by atoms with E-state index in [2.05, 4.69) is 10.3 Å². The summed E-state index contributed by atoms with van der Waals surface area (Å²) in [5.41, 5.74) is 5.15. The van der Waals surface area contributed by atoms with Crippen LogP contribution in [0.1, 0.15) is 51.0 Å². The molecule has 0 spiro atoms. The summed E-state index contributed by atoms with van der Waals surface area (Å²) in [6.45, 7) is 1.94. The summed E-state index contributed by atoms with van der Waals surface area (Å²) < 4.78 is 39.6. The van der Waals surface area contributed by atoms with Gasteiger partial charge in [-0.25, -0.2) is 4.98 Å². The number of rotatable bonds is 11. The van der Waals surface area contributed by atoms with Gasteiger partial charge in [0, 0.05) is 17.7 Å². The van der Waals surface area contributed by atoms with E-state index in [0.717, 1.165) is 40.1 Å². The standard InChI is InChI=1S/C34H29F3N2O3S/c1-21-17-24(10-15-28(21)38-33-39-29-16-14-27(34(35,36)37)20-31(29)43-33)18-23-8-11-25(12-9-23)30(40)19-26(32(41)42)13-7-22-5-3-2-4-6-22/h2-6,8-12,14-17,20,26H,7,13,18-19H2,1H3,(H,38,39)(H,41,42). The first-order chi connectivity index (χ1) is 20.5. The molecule has 0 saturated carbocycles. The number of carboxylic acids is 1. The number of nitrogens with one attached hydrogen (secondary N) is 1. The number of hydrogen-bond donors (Lipinski definition) is 2.